The number of halogens is 3. The maximum absolute atomic E-state index is 14.1. The third-order valence-corrected chi connectivity index (χ3v) is 7.16. The molecule has 1 aliphatic rings. The lowest BCUT2D eigenvalue weighted by Crippen LogP contribution is -2.33. The lowest BCUT2D eigenvalue weighted by Gasteiger charge is -2.12. The molecular formula is C26H27F3N8O3S. The van der Waals surface area contributed by atoms with E-state index >= 15 is 0 Å². The second-order valence-electron chi connectivity index (χ2n) is 9.20. The smallest absolute Gasteiger partial charge is 0.425 e. The van der Waals surface area contributed by atoms with Crippen molar-refractivity contribution in [2.75, 3.05) is 11.9 Å². The Hall–Kier alpha value is -4.40. The van der Waals surface area contributed by atoms with Crippen molar-refractivity contribution >= 4 is 40.9 Å². The summed E-state index contributed by atoms with van der Waals surface area (Å²) in [6.45, 7) is 3.41. The second-order valence-corrected chi connectivity index (χ2v) is 10.2. The molecule has 0 bridgehead atoms. The van der Waals surface area contributed by atoms with Gasteiger partial charge in [0.1, 0.15) is 15.7 Å². The van der Waals surface area contributed by atoms with E-state index in [9.17, 15) is 22.8 Å². The number of amides is 3. The molecule has 4 rings (SSSR count). The van der Waals surface area contributed by atoms with Crippen molar-refractivity contribution in [3.63, 3.8) is 0 Å². The summed E-state index contributed by atoms with van der Waals surface area (Å²) < 4.78 is 47.3. The number of hydrogen-bond acceptors (Lipinski definition) is 9. The van der Waals surface area contributed by atoms with Gasteiger partial charge in [-0.3, -0.25) is 25.9 Å². The first kappa shape index (κ1) is 29.6. The summed E-state index contributed by atoms with van der Waals surface area (Å²) in [6, 6.07) is 2.09. The number of carbonyl (C=O) groups excluding carboxylic acids is 2. The van der Waals surface area contributed by atoms with E-state index in [2.05, 4.69) is 30.9 Å². The van der Waals surface area contributed by atoms with Crippen molar-refractivity contribution in [3.05, 3.63) is 46.9 Å². The van der Waals surface area contributed by atoms with Crippen LogP contribution >= 0.6 is 11.3 Å². The minimum atomic E-state index is -4.90. The van der Waals surface area contributed by atoms with Crippen molar-refractivity contribution in [2.24, 2.45) is 0 Å². The largest absolute Gasteiger partial charge is 0.435 e. The standard InChI is InChI=1S/C26H27F3N8O3S/c1-3-33-25(39)36-19-9-17(18(12-34-19)14-8-15(11-32-10-14)22(31)40-13(2)30)24-37-21(26(27,28)29)20(41-24)23(38)35-16-6-4-5-7-16/h8-12,16,30-31H,3-7H2,1-2H3,(H,35,38)(H2,33,34,36,39). The van der Waals surface area contributed by atoms with E-state index in [-0.39, 0.29) is 45.4 Å². The van der Waals surface area contributed by atoms with E-state index < -0.39 is 28.7 Å². The molecule has 0 atom stereocenters. The van der Waals surface area contributed by atoms with E-state index in [1.54, 1.807) is 6.92 Å². The van der Waals surface area contributed by atoms with Crippen LogP contribution in [0.25, 0.3) is 21.7 Å². The molecule has 41 heavy (non-hydrogen) atoms. The normalized spacial score (nSPS) is 13.5. The van der Waals surface area contributed by atoms with Gasteiger partial charge in [-0.2, -0.15) is 13.2 Å². The first-order valence-corrected chi connectivity index (χ1v) is 13.5. The topological polar surface area (TPSA) is 166 Å². The molecule has 0 radical (unpaired) electrons. The van der Waals surface area contributed by atoms with Crippen LogP contribution in [0.5, 0.6) is 0 Å². The van der Waals surface area contributed by atoms with Crippen molar-refractivity contribution in [3.8, 4) is 21.7 Å². The molecule has 3 aromatic heterocycles. The van der Waals surface area contributed by atoms with Gasteiger partial charge in [0.05, 0.1) is 5.56 Å². The molecule has 3 aromatic rings. The number of aromatic nitrogens is 3. The third kappa shape index (κ3) is 7.22. The zero-order chi connectivity index (χ0) is 29.7. The first-order chi connectivity index (χ1) is 19.5. The summed E-state index contributed by atoms with van der Waals surface area (Å²) >= 11 is 0.582. The highest BCUT2D eigenvalue weighted by Gasteiger charge is 2.40. The average molecular weight is 589 g/mol. The lowest BCUT2D eigenvalue weighted by atomic mass is 10.0. The Balaban J connectivity index is 1.83. The van der Waals surface area contributed by atoms with Gasteiger partial charge in [-0.05, 0) is 31.9 Å². The molecule has 3 amide bonds. The number of thiazole rings is 1. The van der Waals surface area contributed by atoms with Crippen LogP contribution in [0, 0.1) is 10.8 Å². The average Bonchev–Trinajstić information content (AvgIpc) is 3.59. The molecule has 0 saturated heterocycles. The summed E-state index contributed by atoms with van der Waals surface area (Å²) in [5.74, 6) is -1.37. The van der Waals surface area contributed by atoms with Crippen LogP contribution in [-0.4, -0.2) is 51.3 Å². The number of carbonyl (C=O) groups is 2. The van der Waals surface area contributed by atoms with E-state index in [4.69, 9.17) is 15.6 Å². The maximum atomic E-state index is 14.1. The van der Waals surface area contributed by atoms with E-state index in [0.29, 0.717) is 36.3 Å². The van der Waals surface area contributed by atoms with Crippen LogP contribution in [0.2, 0.25) is 0 Å². The predicted octanol–water partition coefficient (Wildman–Crippen LogP) is 5.44. The minimum Gasteiger partial charge on any atom is -0.425 e. The van der Waals surface area contributed by atoms with Crippen molar-refractivity contribution < 1.29 is 27.5 Å². The molecule has 3 heterocycles. The summed E-state index contributed by atoms with van der Waals surface area (Å²) in [5.41, 5.74) is -0.317. The first-order valence-electron chi connectivity index (χ1n) is 12.7. The number of nitrogens with zero attached hydrogens (tertiary/aromatic N) is 3. The summed E-state index contributed by atoms with van der Waals surface area (Å²) in [7, 11) is 0. The van der Waals surface area contributed by atoms with Gasteiger partial charge in [0, 0.05) is 54.8 Å². The quantitative estimate of drug-likeness (QED) is 0.182. The van der Waals surface area contributed by atoms with Gasteiger partial charge in [0.25, 0.3) is 5.91 Å². The van der Waals surface area contributed by atoms with Crippen molar-refractivity contribution in [1.82, 2.24) is 25.6 Å². The van der Waals surface area contributed by atoms with Crippen LogP contribution in [0.3, 0.4) is 0 Å². The lowest BCUT2D eigenvalue weighted by molar-refractivity contribution is -0.141. The fraction of sp³-hybridized carbons (Fsp3) is 0.346. The summed E-state index contributed by atoms with van der Waals surface area (Å²) in [6.07, 6.45) is 2.36. The van der Waals surface area contributed by atoms with Crippen LogP contribution in [-0.2, 0) is 10.9 Å². The predicted molar refractivity (Wildman–Crippen MR) is 147 cm³/mol. The highest BCUT2D eigenvalue weighted by Crippen LogP contribution is 2.41. The Labute approximate surface area is 237 Å². The van der Waals surface area contributed by atoms with Crippen molar-refractivity contribution in [2.45, 2.75) is 51.7 Å². The number of anilines is 1. The Kier molecular flexibility index (Phi) is 8.95. The Morgan fingerprint density at radius 1 is 1.12 bits per heavy atom. The van der Waals surface area contributed by atoms with Gasteiger partial charge in [-0.15, -0.1) is 11.3 Å². The molecule has 1 aliphatic carbocycles. The van der Waals surface area contributed by atoms with Gasteiger partial charge >= 0.3 is 12.2 Å². The van der Waals surface area contributed by atoms with Crippen LogP contribution < -0.4 is 16.0 Å². The molecule has 5 N–H and O–H groups in total. The molecule has 0 aromatic carbocycles. The molecule has 216 valence electrons. The number of hydrogen-bond donors (Lipinski definition) is 5. The second kappa shape index (κ2) is 12.4. The van der Waals surface area contributed by atoms with Gasteiger partial charge in [-0.1, -0.05) is 12.8 Å². The van der Waals surface area contributed by atoms with E-state index in [1.165, 1.54) is 37.6 Å². The Morgan fingerprint density at radius 3 is 2.51 bits per heavy atom. The molecule has 0 unspecified atom stereocenters. The van der Waals surface area contributed by atoms with Crippen LogP contribution in [0.1, 0.15) is 60.5 Å². The van der Waals surface area contributed by atoms with Gasteiger partial charge in [-0.25, -0.2) is 14.8 Å². The number of alkyl halides is 3. The fourth-order valence-corrected chi connectivity index (χ4v) is 5.30. The zero-order valence-corrected chi connectivity index (χ0v) is 22.9. The number of ether oxygens (including phenoxy) is 1. The van der Waals surface area contributed by atoms with Crippen LogP contribution in [0.4, 0.5) is 23.8 Å². The van der Waals surface area contributed by atoms with Gasteiger partial charge in [0.15, 0.2) is 11.6 Å². The SMILES string of the molecule is CCNC(=O)Nc1cc(-c2nc(C(F)(F)F)c(C(=O)NC3CCCC3)s2)c(-c2cncc(C(=N)OC(C)=N)c2)cn1. The number of nitrogens with one attached hydrogen (secondary N) is 5. The molecule has 0 aliphatic heterocycles. The monoisotopic (exact) mass is 588 g/mol. The molecule has 15 heteroatoms. The maximum Gasteiger partial charge on any atom is 0.435 e. The van der Waals surface area contributed by atoms with E-state index in [0.717, 1.165) is 12.8 Å². The van der Waals surface area contributed by atoms with Crippen molar-refractivity contribution in [1.29, 1.82) is 10.8 Å². The fourth-order valence-electron chi connectivity index (χ4n) is 4.28. The summed E-state index contributed by atoms with van der Waals surface area (Å²) in [4.78, 5) is 36.7. The molecular weight excluding hydrogens is 561 g/mol. The Bertz CT molecular complexity index is 1480. The van der Waals surface area contributed by atoms with Crippen LogP contribution in [0.15, 0.2) is 30.7 Å². The number of rotatable bonds is 7. The van der Waals surface area contributed by atoms with E-state index in [1.807, 2.05) is 0 Å². The molecule has 11 nitrogen and oxygen atoms in total. The molecule has 1 saturated carbocycles. The summed E-state index contributed by atoms with van der Waals surface area (Å²) in [5, 5.41) is 23.2. The highest BCUT2D eigenvalue weighted by molar-refractivity contribution is 7.17. The zero-order valence-electron chi connectivity index (χ0n) is 22.1. The number of urea groups is 1. The molecule has 1 fully saturated rings. The Morgan fingerprint density at radius 2 is 1.85 bits per heavy atom. The number of pyridine rings is 2. The molecule has 0 spiro atoms. The third-order valence-electron chi connectivity index (χ3n) is 6.07. The highest BCUT2D eigenvalue weighted by atomic mass is 32.1. The van der Waals surface area contributed by atoms with Gasteiger partial charge in [0.2, 0.25) is 5.90 Å². The van der Waals surface area contributed by atoms with Gasteiger partial charge < -0.3 is 15.4 Å². The minimum absolute atomic E-state index is 0.0371.